The highest BCUT2D eigenvalue weighted by Crippen LogP contribution is 2.23. The summed E-state index contributed by atoms with van der Waals surface area (Å²) in [4.78, 5) is 20.3. The van der Waals surface area contributed by atoms with Gasteiger partial charge in [0.25, 0.3) is 5.91 Å². The zero-order chi connectivity index (χ0) is 15.9. The van der Waals surface area contributed by atoms with E-state index in [0.717, 1.165) is 5.56 Å². The molecule has 0 aliphatic carbocycles. The average Bonchev–Trinajstić information content (AvgIpc) is 2.52. The number of amides is 1. The first-order valence-electron chi connectivity index (χ1n) is 6.73. The second kappa shape index (κ2) is 7.72. The van der Waals surface area contributed by atoms with Gasteiger partial charge in [-0.25, -0.2) is 9.97 Å². The number of carbonyl (C=O) groups is 1. The van der Waals surface area contributed by atoms with Crippen molar-refractivity contribution < 1.29 is 9.53 Å². The second-order valence-electron chi connectivity index (χ2n) is 4.57. The minimum absolute atomic E-state index is 0.272. The van der Waals surface area contributed by atoms with E-state index in [2.05, 4.69) is 20.6 Å². The van der Waals surface area contributed by atoms with E-state index in [1.54, 1.807) is 31.4 Å². The van der Waals surface area contributed by atoms with Gasteiger partial charge in [-0.1, -0.05) is 17.7 Å². The summed E-state index contributed by atoms with van der Waals surface area (Å²) in [6.07, 6.45) is 1.34. The maximum atomic E-state index is 12.3. The van der Waals surface area contributed by atoms with E-state index in [4.69, 9.17) is 16.3 Å². The molecular formula is C15H17ClN4O2. The number of ether oxygens (including phenoxy) is 1. The van der Waals surface area contributed by atoms with E-state index in [9.17, 15) is 4.79 Å². The van der Waals surface area contributed by atoms with Crippen molar-refractivity contribution in [3.63, 3.8) is 0 Å². The van der Waals surface area contributed by atoms with Crippen LogP contribution in [0.1, 0.15) is 16.1 Å². The Labute approximate surface area is 133 Å². The molecule has 2 aromatic rings. The molecule has 1 aromatic carbocycles. The number of nitrogens with zero attached hydrogens (tertiary/aromatic N) is 2. The van der Waals surface area contributed by atoms with E-state index in [-0.39, 0.29) is 11.6 Å². The topological polar surface area (TPSA) is 76.1 Å². The first kappa shape index (κ1) is 16.2. The monoisotopic (exact) mass is 320 g/mol. The molecule has 0 fully saturated rings. The molecule has 0 aliphatic rings. The van der Waals surface area contributed by atoms with Crippen LogP contribution in [-0.4, -0.2) is 36.1 Å². The number of hydrogen-bond acceptors (Lipinski definition) is 5. The van der Waals surface area contributed by atoms with Crippen molar-refractivity contribution in [3.05, 3.63) is 46.9 Å². The van der Waals surface area contributed by atoms with Gasteiger partial charge in [0.05, 0.1) is 6.61 Å². The van der Waals surface area contributed by atoms with Crippen molar-refractivity contribution >= 4 is 29.0 Å². The summed E-state index contributed by atoms with van der Waals surface area (Å²) in [6, 6.07) is 6.93. The van der Waals surface area contributed by atoms with Gasteiger partial charge in [-0.15, -0.1) is 0 Å². The molecule has 22 heavy (non-hydrogen) atoms. The minimum Gasteiger partial charge on any atom is -0.383 e. The summed E-state index contributed by atoms with van der Waals surface area (Å²) >= 11 is 6.04. The van der Waals surface area contributed by atoms with Crippen molar-refractivity contribution in [3.8, 4) is 0 Å². The molecule has 7 heteroatoms. The van der Waals surface area contributed by atoms with Crippen LogP contribution in [0.15, 0.2) is 30.6 Å². The predicted molar refractivity (Wildman–Crippen MR) is 86.5 cm³/mol. The first-order valence-corrected chi connectivity index (χ1v) is 7.11. The van der Waals surface area contributed by atoms with Crippen LogP contribution in [0, 0.1) is 6.92 Å². The Hall–Kier alpha value is -2.18. The molecule has 116 valence electrons. The fourth-order valence-corrected chi connectivity index (χ4v) is 1.96. The molecule has 6 nitrogen and oxygen atoms in total. The first-order chi connectivity index (χ1) is 10.6. The molecule has 1 amide bonds. The summed E-state index contributed by atoms with van der Waals surface area (Å²) in [5, 5.41) is 6.44. The third-order valence-electron chi connectivity index (χ3n) is 3.03. The van der Waals surface area contributed by atoms with Gasteiger partial charge in [-0.3, -0.25) is 4.79 Å². The minimum atomic E-state index is -0.317. The number of hydrogen-bond donors (Lipinski definition) is 2. The van der Waals surface area contributed by atoms with Crippen LogP contribution in [0.5, 0.6) is 0 Å². The molecule has 2 N–H and O–H groups in total. The molecule has 0 bridgehead atoms. The summed E-state index contributed by atoms with van der Waals surface area (Å²) in [7, 11) is 1.62. The number of aromatic nitrogens is 2. The van der Waals surface area contributed by atoms with E-state index in [0.29, 0.717) is 29.7 Å². The third kappa shape index (κ3) is 4.16. The summed E-state index contributed by atoms with van der Waals surface area (Å²) < 4.78 is 4.95. The van der Waals surface area contributed by atoms with Crippen LogP contribution in [-0.2, 0) is 4.74 Å². The van der Waals surface area contributed by atoms with Crippen LogP contribution in [0.25, 0.3) is 0 Å². The van der Waals surface area contributed by atoms with Gasteiger partial charge in [0.1, 0.15) is 17.8 Å². The van der Waals surface area contributed by atoms with Crippen LogP contribution < -0.4 is 10.6 Å². The lowest BCUT2D eigenvalue weighted by Gasteiger charge is -2.10. The van der Waals surface area contributed by atoms with Crippen LogP contribution in [0.4, 0.5) is 11.5 Å². The number of nitrogens with one attached hydrogen (secondary N) is 2. The largest absolute Gasteiger partial charge is 0.383 e. The summed E-state index contributed by atoms with van der Waals surface area (Å²) in [5.74, 6) is 0.252. The van der Waals surface area contributed by atoms with Crippen molar-refractivity contribution in [1.29, 1.82) is 0 Å². The maximum Gasteiger partial charge on any atom is 0.274 e. The molecule has 2 rings (SSSR count). The van der Waals surface area contributed by atoms with Gasteiger partial charge in [0, 0.05) is 30.4 Å². The van der Waals surface area contributed by atoms with Gasteiger partial charge in [0.15, 0.2) is 0 Å². The SMILES string of the molecule is COCCNc1cc(C(=O)Nc2cccc(Cl)c2C)ncn1. The lowest BCUT2D eigenvalue weighted by molar-refractivity contribution is 0.102. The number of halogens is 1. The Balaban J connectivity index is 2.09. The third-order valence-corrected chi connectivity index (χ3v) is 3.44. The van der Waals surface area contributed by atoms with E-state index < -0.39 is 0 Å². The van der Waals surface area contributed by atoms with Crippen molar-refractivity contribution in [1.82, 2.24) is 9.97 Å². The molecule has 0 spiro atoms. The molecule has 0 aliphatic heterocycles. The van der Waals surface area contributed by atoms with Gasteiger partial charge >= 0.3 is 0 Å². The maximum absolute atomic E-state index is 12.3. The number of rotatable bonds is 6. The van der Waals surface area contributed by atoms with Gasteiger partial charge in [-0.2, -0.15) is 0 Å². The zero-order valence-electron chi connectivity index (χ0n) is 12.4. The van der Waals surface area contributed by atoms with Gasteiger partial charge in [-0.05, 0) is 24.6 Å². The number of benzene rings is 1. The molecule has 0 unspecified atom stereocenters. The summed E-state index contributed by atoms with van der Waals surface area (Å²) in [5.41, 5.74) is 1.74. The smallest absolute Gasteiger partial charge is 0.274 e. The fourth-order valence-electron chi connectivity index (χ4n) is 1.79. The lowest BCUT2D eigenvalue weighted by Crippen LogP contribution is -2.16. The molecule has 1 aromatic heterocycles. The molecular weight excluding hydrogens is 304 g/mol. The van der Waals surface area contributed by atoms with Crippen LogP contribution in [0.3, 0.4) is 0 Å². The predicted octanol–water partition coefficient (Wildman–Crippen LogP) is 2.75. The van der Waals surface area contributed by atoms with Crippen LogP contribution in [0.2, 0.25) is 5.02 Å². The highest BCUT2D eigenvalue weighted by Gasteiger charge is 2.11. The number of methoxy groups -OCH3 is 1. The zero-order valence-corrected chi connectivity index (χ0v) is 13.1. The summed E-state index contributed by atoms with van der Waals surface area (Å²) in [6.45, 7) is 2.99. The Morgan fingerprint density at radius 3 is 2.95 bits per heavy atom. The second-order valence-corrected chi connectivity index (χ2v) is 4.98. The highest BCUT2D eigenvalue weighted by atomic mass is 35.5. The standard InChI is InChI=1S/C15H17ClN4O2/c1-10-11(16)4-3-5-12(10)20-15(21)13-8-14(19-9-18-13)17-6-7-22-2/h3-5,8-9H,6-7H2,1-2H3,(H,20,21)(H,17,18,19). The highest BCUT2D eigenvalue weighted by molar-refractivity contribution is 6.31. The van der Waals surface area contributed by atoms with Crippen molar-refractivity contribution in [2.24, 2.45) is 0 Å². The number of anilines is 2. The van der Waals surface area contributed by atoms with Gasteiger partial charge in [0.2, 0.25) is 0 Å². The molecule has 0 saturated carbocycles. The fraction of sp³-hybridized carbons (Fsp3) is 0.267. The Kier molecular flexibility index (Phi) is 5.68. The average molecular weight is 321 g/mol. The van der Waals surface area contributed by atoms with E-state index in [1.807, 2.05) is 6.92 Å². The van der Waals surface area contributed by atoms with Crippen molar-refractivity contribution in [2.45, 2.75) is 6.92 Å². The lowest BCUT2D eigenvalue weighted by atomic mass is 10.2. The Morgan fingerprint density at radius 1 is 1.36 bits per heavy atom. The van der Waals surface area contributed by atoms with E-state index in [1.165, 1.54) is 6.33 Å². The Morgan fingerprint density at radius 2 is 2.18 bits per heavy atom. The molecule has 1 heterocycles. The van der Waals surface area contributed by atoms with Gasteiger partial charge < -0.3 is 15.4 Å². The van der Waals surface area contributed by atoms with E-state index >= 15 is 0 Å². The quantitative estimate of drug-likeness (QED) is 0.800. The molecule has 0 radical (unpaired) electrons. The van der Waals surface area contributed by atoms with Crippen LogP contribution >= 0.6 is 11.6 Å². The number of carbonyl (C=O) groups excluding carboxylic acids is 1. The normalized spacial score (nSPS) is 10.3. The molecule has 0 saturated heterocycles. The van der Waals surface area contributed by atoms with Crippen molar-refractivity contribution in [2.75, 3.05) is 30.9 Å². The molecule has 0 atom stereocenters. The Bertz CT molecular complexity index is 664.